The van der Waals surface area contributed by atoms with Crippen LogP contribution in [0.2, 0.25) is 0 Å². The summed E-state index contributed by atoms with van der Waals surface area (Å²) >= 11 is 1.90. The first-order valence-electron chi connectivity index (χ1n) is 24.1. The summed E-state index contributed by atoms with van der Waals surface area (Å²) in [6.07, 6.45) is 0. The van der Waals surface area contributed by atoms with Crippen molar-refractivity contribution in [3.8, 4) is 5.69 Å². The lowest BCUT2D eigenvalue weighted by Crippen LogP contribution is -2.60. The number of hydrogen-bond acceptors (Lipinski definition) is 4. The molecule has 2 aliphatic heterocycles. The van der Waals surface area contributed by atoms with E-state index in [0.717, 1.165) is 44.5 Å². The van der Waals surface area contributed by atoms with Gasteiger partial charge in [-0.15, -0.1) is 11.3 Å². The van der Waals surface area contributed by atoms with Crippen LogP contribution in [0.25, 0.3) is 58.8 Å². The molecule has 13 rings (SSSR count). The molecule has 4 nitrogen and oxygen atoms in total. The van der Waals surface area contributed by atoms with E-state index in [4.69, 9.17) is 4.42 Å². The Hall–Kier alpha value is -7.02. The molecule has 5 heterocycles. The van der Waals surface area contributed by atoms with Crippen molar-refractivity contribution < 1.29 is 4.42 Å². The molecule has 0 spiro atoms. The van der Waals surface area contributed by atoms with E-state index in [0.29, 0.717) is 0 Å². The van der Waals surface area contributed by atoms with Gasteiger partial charge in [0.1, 0.15) is 11.1 Å². The molecule has 68 heavy (non-hydrogen) atoms. The minimum absolute atomic E-state index is 0.0159. The van der Waals surface area contributed by atoms with Crippen LogP contribution in [0.15, 0.2) is 168 Å². The van der Waals surface area contributed by atoms with Gasteiger partial charge in [-0.05, 0) is 122 Å². The van der Waals surface area contributed by atoms with Gasteiger partial charge < -0.3 is 18.8 Å². The fourth-order valence-corrected chi connectivity index (χ4v) is 12.5. The normalized spacial score (nSPS) is 13.6. The lowest BCUT2D eigenvalue weighted by molar-refractivity contribution is 0.590. The molecule has 0 bridgehead atoms. The number of para-hydroxylation sites is 2. The highest BCUT2D eigenvalue weighted by Gasteiger charge is 2.44. The summed E-state index contributed by atoms with van der Waals surface area (Å²) in [6.45, 7) is 20.7. The molecule has 0 N–H and O–H groups in total. The Morgan fingerprint density at radius 1 is 0.456 bits per heavy atom. The molecule has 0 unspecified atom stereocenters. The van der Waals surface area contributed by atoms with Gasteiger partial charge in [-0.1, -0.05) is 153 Å². The molecule has 6 heteroatoms. The topological polar surface area (TPSA) is 24.6 Å². The van der Waals surface area contributed by atoms with E-state index in [1.54, 1.807) is 0 Å². The van der Waals surface area contributed by atoms with Crippen molar-refractivity contribution in [1.82, 2.24) is 4.57 Å². The van der Waals surface area contributed by atoms with Crippen molar-refractivity contribution in [2.45, 2.75) is 78.6 Å². The number of hydrogen-bond donors (Lipinski definition) is 0. The molecule has 0 radical (unpaired) electrons. The third-order valence-electron chi connectivity index (χ3n) is 14.8. The van der Waals surface area contributed by atoms with E-state index >= 15 is 0 Å². The Morgan fingerprint density at radius 3 is 1.74 bits per heavy atom. The third kappa shape index (κ3) is 5.99. The van der Waals surface area contributed by atoms with E-state index in [-0.39, 0.29) is 23.0 Å². The van der Waals surface area contributed by atoms with Crippen LogP contribution in [-0.2, 0) is 16.2 Å². The van der Waals surface area contributed by atoms with E-state index in [1.807, 2.05) is 11.3 Å². The summed E-state index contributed by atoms with van der Waals surface area (Å²) < 4.78 is 12.0. The van der Waals surface area contributed by atoms with Gasteiger partial charge in [-0.3, -0.25) is 0 Å². The molecule has 8 aromatic carbocycles. The van der Waals surface area contributed by atoms with Gasteiger partial charge in [0.05, 0.1) is 21.6 Å². The number of rotatable bonds is 4. The third-order valence-corrected chi connectivity index (χ3v) is 16.1. The quantitative estimate of drug-likeness (QED) is 0.165. The van der Waals surface area contributed by atoms with Crippen LogP contribution in [0.1, 0.15) is 79.0 Å². The predicted molar refractivity (Wildman–Crippen MR) is 294 cm³/mol. The lowest BCUT2D eigenvalue weighted by Gasteiger charge is -2.42. The average molecular weight is 900 g/mol. The molecule has 332 valence electrons. The second-order valence-corrected chi connectivity index (χ2v) is 23.3. The van der Waals surface area contributed by atoms with Gasteiger partial charge in [-0.2, -0.15) is 0 Å². The average Bonchev–Trinajstić information content (AvgIpc) is 4.00. The van der Waals surface area contributed by atoms with Crippen molar-refractivity contribution in [2.24, 2.45) is 0 Å². The minimum atomic E-state index is -0.0698. The van der Waals surface area contributed by atoms with Gasteiger partial charge >= 0.3 is 0 Å². The van der Waals surface area contributed by atoms with Crippen molar-refractivity contribution in [1.29, 1.82) is 0 Å². The maximum atomic E-state index is 6.90. The maximum Gasteiger partial charge on any atom is 0.252 e. The molecule has 0 aliphatic carbocycles. The van der Waals surface area contributed by atoms with Crippen LogP contribution in [0, 0.1) is 0 Å². The second-order valence-electron chi connectivity index (χ2n) is 22.2. The summed E-state index contributed by atoms with van der Waals surface area (Å²) in [5, 5.41) is 4.84. The monoisotopic (exact) mass is 899 g/mol. The number of anilines is 6. The summed E-state index contributed by atoms with van der Waals surface area (Å²) in [5.41, 5.74) is 20.1. The number of thiophene rings is 1. The van der Waals surface area contributed by atoms with E-state index in [9.17, 15) is 0 Å². The van der Waals surface area contributed by atoms with Gasteiger partial charge in [0.2, 0.25) is 0 Å². The van der Waals surface area contributed by atoms with Crippen molar-refractivity contribution in [3.63, 3.8) is 0 Å². The molecule has 0 fully saturated rings. The Kier molecular flexibility index (Phi) is 8.64. The Labute approximate surface area is 403 Å². The van der Waals surface area contributed by atoms with Crippen LogP contribution in [0.5, 0.6) is 0 Å². The molecular weight excluding hydrogens is 846 g/mol. The molecule has 0 saturated heterocycles. The largest absolute Gasteiger partial charge is 0.454 e. The number of nitrogens with zero attached hydrogens (tertiary/aromatic N) is 3. The highest BCUT2D eigenvalue weighted by atomic mass is 32.1. The van der Waals surface area contributed by atoms with Crippen LogP contribution in [0.4, 0.5) is 34.1 Å². The van der Waals surface area contributed by atoms with Crippen LogP contribution in [0.3, 0.4) is 0 Å². The van der Waals surface area contributed by atoms with Crippen LogP contribution >= 0.6 is 11.3 Å². The Morgan fingerprint density at radius 2 is 1.04 bits per heavy atom. The molecule has 0 amide bonds. The Balaban J connectivity index is 1.19. The lowest BCUT2D eigenvalue weighted by atomic mass is 9.33. The minimum Gasteiger partial charge on any atom is -0.454 e. The number of aromatic nitrogens is 1. The molecule has 2 aliphatic rings. The molecule has 3 aromatic heterocycles. The smallest absolute Gasteiger partial charge is 0.252 e. The van der Waals surface area contributed by atoms with Crippen LogP contribution in [-0.4, -0.2) is 11.3 Å². The van der Waals surface area contributed by atoms with Gasteiger partial charge in [0.25, 0.3) is 6.71 Å². The first-order chi connectivity index (χ1) is 32.6. The summed E-state index contributed by atoms with van der Waals surface area (Å²) in [6, 6.07) is 62.1. The maximum absolute atomic E-state index is 6.90. The van der Waals surface area contributed by atoms with E-state index in [1.165, 1.54) is 81.5 Å². The summed E-state index contributed by atoms with van der Waals surface area (Å²) in [5.74, 6) is 0. The van der Waals surface area contributed by atoms with Gasteiger partial charge in [-0.25, -0.2) is 0 Å². The van der Waals surface area contributed by atoms with E-state index in [2.05, 4.69) is 240 Å². The van der Waals surface area contributed by atoms with E-state index < -0.39 is 0 Å². The standard InChI is InChI=1S/C62H54BN3OS/c1-60(2,3)37-24-29-40(30-25-37)64(41-31-26-38(27-32-41)61(4,5)6)42-35-51-55-52(36-42)66-56-46(58-57(66)45-17-10-12-22-53(45)67-58)19-14-20-48(56)63(55)47-33-28-39(62(7,8)9)34-50(47)65(51)49-21-15-18-44-43-16-11-13-23-54(43)68-59(44)49/h10-36H,1-9H3. The zero-order valence-electron chi connectivity index (χ0n) is 40.3. The van der Waals surface area contributed by atoms with Crippen molar-refractivity contribution >= 4 is 122 Å². The zero-order valence-corrected chi connectivity index (χ0v) is 41.1. The number of benzene rings is 8. The van der Waals surface area contributed by atoms with Gasteiger partial charge in [0, 0.05) is 54.7 Å². The molecule has 11 aromatic rings. The number of furan rings is 1. The fourth-order valence-electron chi connectivity index (χ4n) is 11.3. The van der Waals surface area contributed by atoms with Crippen LogP contribution < -0.4 is 26.2 Å². The molecule has 0 atom stereocenters. The first kappa shape index (κ1) is 41.2. The SMILES string of the molecule is CC(C)(C)c1ccc(N(c2ccc(C(C)(C)C)cc2)c2cc3c4c(c2)-n2c5c(cccc5c5oc6ccccc6c52)B4c2ccc(C(C)(C)C)cc2N3c2cccc3c2sc2ccccc23)cc1. The van der Waals surface area contributed by atoms with Gasteiger partial charge in [0.15, 0.2) is 5.58 Å². The molecule has 0 saturated carbocycles. The van der Waals surface area contributed by atoms with Crippen molar-refractivity contribution in [3.05, 3.63) is 180 Å². The fraction of sp³-hybridized carbons (Fsp3) is 0.194. The summed E-state index contributed by atoms with van der Waals surface area (Å²) in [4.78, 5) is 5.11. The first-order valence-corrected chi connectivity index (χ1v) is 24.9. The second kappa shape index (κ2) is 14.3. The predicted octanol–water partition coefficient (Wildman–Crippen LogP) is 15.9. The Bertz CT molecular complexity index is 3810. The highest BCUT2D eigenvalue weighted by molar-refractivity contribution is 7.26. The number of fused-ring (bicyclic) bond motifs is 12. The molecular formula is C62H54BN3OS. The van der Waals surface area contributed by atoms with Crippen molar-refractivity contribution in [2.75, 3.05) is 9.80 Å². The summed E-state index contributed by atoms with van der Waals surface area (Å²) in [7, 11) is 0. The zero-order chi connectivity index (χ0) is 46.6. The highest BCUT2D eigenvalue weighted by Crippen LogP contribution is 2.50.